The Balaban J connectivity index is 1.35. The molecule has 1 aliphatic rings. The third-order valence-corrected chi connectivity index (χ3v) is 4.74. The summed E-state index contributed by atoms with van der Waals surface area (Å²) in [6, 6.07) is 14.4. The van der Waals surface area contributed by atoms with Crippen LogP contribution in [-0.4, -0.2) is 56.3 Å². The molecule has 0 bridgehead atoms. The molecule has 0 aliphatic carbocycles. The van der Waals surface area contributed by atoms with Crippen LogP contribution in [0, 0.1) is 10.1 Å². The Bertz CT molecular complexity index is 726. The first-order chi connectivity index (χ1) is 13.2. The van der Waals surface area contributed by atoms with Crippen LogP contribution in [0.5, 0.6) is 11.5 Å². The fraction of sp³-hybridized carbons (Fsp3) is 0.400. The van der Waals surface area contributed by atoms with Crippen LogP contribution in [0.15, 0.2) is 48.5 Å². The summed E-state index contributed by atoms with van der Waals surface area (Å²) < 4.78 is 10.9. The molecule has 0 radical (unpaired) electrons. The lowest BCUT2D eigenvalue weighted by Crippen LogP contribution is -2.46. The number of non-ortho nitro benzene ring substituents is 1. The fourth-order valence-electron chi connectivity index (χ4n) is 3.16. The van der Waals surface area contributed by atoms with Crippen LogP contribution in [0.3, 0.4) is 0 Å². The molecule has 0 N–H and O–H groups in total. The van der Waals surface area contributed by atoms with Gasteiger partial charge in [-0.15, -0.1) is 0 Å². The number of nitrogens with zero attached hydrogens (tertiary/aromatic N) is 3. The van der Waals surface area contributed by atoms with Crippen molar-refractivity contribution in [2.75, 3.05) is 51.3 Å². The number of hydrogen-bond acceptors (Lipinski definition) is 6. The van der Waals surface area contributed by atoms with E-state index in [-0.39, 0.29) is 5.69 Å². The van der Waals surface area contributed by atoms with Gasteiger partial charge in [-0.2, -0.15) is 0 Å². The van der Waals surface area contributed by atoms with Gasteiger partial charge in [-0.3, -0.25) is 15.0 Å². The molecule has 2 aromatic rings. The summed E-state index contributed by atoms with van der Waals surface area (Å²) in [6.45, 7) is 5.68. The first-order valence-electron chi connectivity index (χ1n) is 9.14. The molecule has 7 heteroatoms. The molecule has 0 amide bonds. The van der Waals surface area contributed by atoms with E-state index in [0.29, 0.717) is 12.4 Å². The average molecular weight is 371 g/mol. The Labute approximate surface area is 159 Å². The average Bonchev–Trinajstić information content (AvgIpc) is 2.72. The van der Waals surface area contributed by atoms with Crippen LogP contribution < -0.4 is 14.4 Å². The Kier molecular flexibility index (Phi) is 6.49. The topological polar surface area (TPSA) is 68.1 Å². The normalized spacial score (nSPS) is 14.8. The number of methoxy groups -OCH3 is 1. The van der Waals surface area contributed by atoms with Crippen molar-refractivity contribution in [2.24, 2.45) is 0 Å². The van der Waals surface area contributed by atoms with Gasteiger partial charge < -0.3 is 14.4 Å². The maximum Gasteiger partial charge on any atom is 0.269 e. The van der Waals surface area contributed by atoms with Crippen molar-refractivity contribution < 1.29 is 14.4 Å². The summed E-state index contributed by atoms with van der Waals surface area (Å²) >= 11 is 0. The first-order valence-corrected chi connectivity index (χ1v) is 9.14. The van der Waals surface area contributed by atoms with Crippen LogP contribution in [0.4, 0.5) is 11.4 Å². The van der Waals surface area contributed by atoms with Crippen molar-refractivity contribution in [2.45, 2.75) is 6.42 Å². The summed E-state index contributed by atoms with van der Waals surface area (Å²) in [5, 5.41) is 10.6. The van der Waals surface area contributed by atoms with Gasteiger partial charge in [-0.05, 0) is 42.8 Å². The summed E-state index contributed by atoms with van der Waals surface area (Å²) in [5.74, 6) is 1.55. The van der Waals surface area contributed by atoms with Gasteiger partial charge in [0.05, 0.1) is 18.6 Å². The Morgan fingerprint density at radius 2 is 1.59 bits per heavy atom. The SMILES string of the molecule is COc1ccc(N2CCN(CCCOc3ccc([N+](=O)[O-])cc3)CC2)cc1. The quantitative estimate of drug-likeness (QED) is 0.403. The van der Waals surface area contributed by atoms with Gasteiger partial charge in [0.2, 0.25) is 0 Å². The van der Waals surface area contributed by atoms with E-state index >= 15 is 0 Å². The maximum absolute atomic E-state index is 10.6. The lowest BCUT2D eigenvalue weighted by Gasteiger charge is -2.36. The molecule has 1 heterocycles. The lowest BCUT2D eigenvalue weighted by molar-refractivity contribution is -0.384. The monoisotopic (exact) mass is 371 g/mol. The Hall–Kier alpha value is -2.80. The van der Waals surface area contributed by atoms with Gasteiger partial charge in [-0.1, -0.05) is 0 Å². The van der Waals surface area contributed by atoms with E-state index in [1.807, 2.05) is 12.1 Å². The van der Waals surface area contributed by atoms with Gasteiger partial charge in [0.1, 0.15) is 11.5 Å². The van der Waals surface area contributed by atoms with E-state index in [4.69, 9.17) is 9.47 Å². The molecule has 3 rings (SSSR count). The van der Waals surface area contributed by atoms with Gasteiger partial charge >= 0.3 is 0 Å². The summed E-state index contributed by atoms with van der Waals surface area (Å²) in [5.41, 5.74) is 1.31. The van der Waals surface area contributed by atoms with Crippen LogP contribution in [-0.2, 0) is 0 Å². The largest absolute Gasteiger partial charge is 0.497 e. The third kappa shape index (κ3) is 5.34. The van der Waals surface area contributed by atoms with Gasteiger partial charge in [0.25, 0.3) is 5.69 Å². The number of nitro groups is 1. The Morgan fingerprint density at radius 3 is 2.19 bits per heavy atom. The minimum Gasteiger partial charge on any atom is -0.497 e. The maximum atomic E-state index is 10.6. The van der Waals surface area contributed by atoms with E-state index in [1.54, 1.807) is 19.2 Å². The van der Waals surface area contributed by atoms with Gasteiger partial charge in [0.15, 0.2) is 0 Å². The second-order valence-electron chi connectivity index (χ2n) is 6.48. The zero-order chi connectivity index (χ0) is 19.1. The molecule has 0 atom stereocenters. The van der Waals surface area contributed by atoms with Gasteiger partial charge in [-0.25, -0.2) is 0 Å². The Morgan fingerprint density at radius 1 is 0.963 bits per heavy atom. The van der Waals surface area contributed by atoms with Crippen molar-refractivity contribution in [3.05, 3.63) is 58.6 Å². The summed E-state index contributed by atoms with van der Waals surface area (Å²) in [6.07, 6.45) is 0.930. The zero-order valence-corrected chi connectivity index (χ0v) is 15.5. The van der Waals surface area contributed by atoms with E-state index in [1.165, 1.54) is 17.8 Å². The summed E-state index contributed by atoms with van der Waals surface area (Å²) in [4.78, 5) is 15.1. The molecule has 1 saturated heterocycles. The molecule has 1 aliphatic heterocycles. The predicted octanol–water partition coefficient (Wildman–Crippen LogP) is 3.19. The molecule has 1 fully saturated rings. The highest BCUT2D eigenvalue weighted by Gasteiger charge is 2.16. The molecule has 0 saturated carbocycles. The van der Waals surface area contributed by atoms with Crippen molar-refractivity contribution in [1.29, 1.82) is 0 Å². The second-order valence-corrected chi connectivity index (χ2v) is 6.48. The highest BCUT2D eigenvalue weighted by atomic mass is 16.6. The molecule has 0 aromatic heterocycles. The van der Waals surface area contributed by atoms with Crippen LogP contribution in [0.1, 0.15) is 6.42 Å². The number of benzene rings is 2. The number of anilines is 1. The standard InChI is InChI=1S/C20H25N3O4/c1-26-19-7-3-17(4-8-19)22-14-12-21(13-15-22)11-2-16-27-20-9-5-18(6-10-20)23(24)25/h3-10H,2,11-16H2,1H3. The highest BCUT2D eigenvalue weighted by Crippen LogP contribution is 2.21. The minimum atomic E-state index is -0.407. The molecule has 0 spiro atoms. The van der Waals surface area contributed by atoms with Crippen molar-refractivity contribution in [3.8, 4) is 11.5 Å². The first kappa shape index (κ1) is 19.0. The number of ether oxygens (including phenoxy) is 2. The van der Waals surface area contributed by atoms with E-state index < -0.39 is 4.92 Å². The molecule has 27 heavy (non-hydrogen) atoms. The fourth-order valence-corrected chi connectivity index (χ4v) is 3.16. The number of nitro benzene ring substituents is 1. The molecular formula is C20H25N3O4. The predicted molar refractivity (Wildman–Crippen MR) is 105 cm³/mol. The summed E-state index contributed by atoms with van der Waals surface area (Å²) in [7, 11) is 1.68. The zero-order valence-electron chi connectivity index (χ0n) is 15.5. The van der Waals surface area contributed by atoms with E-state index in [0.717, 1.165) is 44.9 Å². The van der Waals surface area contributed by atoms with E-state index in [9.17, 15) is 10.1 Å². The van der Waals surface area contributed by atoms with Crippen molar-refractivity contribution in [1.82, 2.24) is 4.90 Å². The number of hydrogen-bond donors (Lipinski definition) is 0. The number of piperazine rings is 1. The molecular weight excluding hydrogens is 346 g/mol. The molecule has 144 valence electrons. The van der Waals surface area contributed by atoms with Crippen LogP contribution in [0.2, 0.25) is 0 Å². The lowest BCUT2D eigenvalue weighted by atomic mass is 10.2. The number of rotatable bonds is 8. The minimum absolute atomic E-state index is 0.0806. The van der Waals surface area contributed by atoms with Crippen molar-refractivity contribution >= 4 is 11.4 Å². The van der Waals surface area contributed by atoms with Gasteiger partial charge in [0, 0.05) is 50.5 Å². The smallest absolute Gasteiger partial charge is 0.269 e. The third-order valence-electron chi connectivity index (χ3n) is 4.74. The van der Waals surface area contributed by atoms with Crippen LogP contribution in [0.25, 0.3) is 0 Å². The van der Waals surface area contributed by atoms with E-state index in [2.05, 4.69) is 21.9 Å². The van der Waals surface area contributed by atoms with Crippen molar-refractivity contribution in [3.63, 3.8) is 0 Å². The van der Waals surface area contributed by atoms with Crippen LogP contribution >= 0.6 is 0 Å². The second kappa shape index (κ2) is 9.23. The molecule has 7 nitrogen and oxygen atoms in total. The highest BCUT2D eigenvalue weighted by molar-refractivity contribution is 5.49. The molecule has 2 aromatic carbocycles. The molecule has 0 unspecified atom stereocenters.